The standard InChI is InChI=1S/C24H20N2O4S/c27-23-17-3-1-2-4-21(17)31-22(23)14-16-6-8-19(30-16)15-5-7-20-18(13-15)24(28)26-10-9-25-11-12-29-20/h1-8,13-14,25H,9-12H2,(H,26,28)/b22-14-. The van der Waals surface area contributed by atoms with E-state index < -0.39 is 0 Å². The monoisotopic (exact) mass is 432 g/mol. The van der Waals surface area contributed by atoms with Crippen LogP contribution in [0.5, 0.6) is 5.75 Å². The highest BCUT2D eigenvalue weighted by molar-refractivity contribution is 8.04. The molecule has 3 heterocycles. The van der Waals surface area contributed by atoms with E-state index in [-0.39, 0.29) is 11.7 Å². The Hall–Kier alpha value is -3.29. The van der Waals surface area contributed by atoms with Crippen LogP contribution in [0.15, 0.2) is 68.8 Å². The van der Waals surface area contributed by atoms with Crippen LogP contribution in [-0.2, 0) is 0 Å². The molecular weight excluding hydrogens is 412 g/mol. The van der Waals surface area contributed by atoms with Gasteiger partial charge < -0.3 is 19.8 Å². The molecule has 0 bridgehead atoms. The minimum atomic E-state index is -0.180. The molecule has 6 nitrogen and oxygen atoms in total. The van der Waals surface area contributed by atoms with Gasteiger partial charge >= 0.3 is 0 Å². The van der Waals surface area contributed by atoms with Crippen molar-refractivity contribution in [1.82, 2.24) is 10.6 Å². The molecule has 1 amide bonds. The van der Waals surface area contributed by atoms with Gasteiger partial charge in [0.1, 0.15) is 23.9 Å². The fourth-order valence-corrected chi connectivity index (χ4v) is 4.59. The van der Waals surface area contributed by atoms with Crippen LogP contribution in [0.4, 0.5) is 0 Å². The number of rotatable bonds is 2. The highest BCUT2D eigenvalue weighted by Gasteiger charge is 2.25. The molecule has 0 radical (unpaired) electrons. The van der Waals surface area contributed by atoms with Gasteiger partial charge in [-0.25, -0.2) is 0 Å². The second kappa shape index (κ2) is 8.45. The molecule has 3 aromatic rings. The Morgan fingerprint density at radius 3 is 2.74 bits per heavy atom. The molecule has 0 unspecified atom stereocenters. The van der Waals surface area contributed by atoms with Gasteiger partial charge in [-0.3, -0.25) is 9.59 Å². The van der Waals surface area contributed by atoms with E-state index in [1.54, 1.807) is 18.2 Å². The molecule has 0 saturated heterocycles. The normalized spacial score (nSPS) is 17.6. The van der Waals surface area contributed by atoms with Crippen LogP contribution >= 0.6 is 11.8 Å². The lowest BCUT2D eigenvalue weighted by Crippen LogP contribution is -2.35. The molecule has 2 aliphatic heterocycles. The first kappa shape index (κ1) is 19.7. The van der Waals surface area contributed by atoms with Crippen molar-refractivity contribution >= 4 is 29.5 Å². The van der Waals surface area contributed by atoms with E-state index in [0.29, 0.717) is 54.0 Å². The second-order valence-corrected chi connectivity index (χ2v) is 8.29. The molecule has 2 N–H and O–H groups in total. The molecule has 0 atom stereocenters. The maximum atomic E-state index is 12.6. The largest absolute Gasteiger partial charge is 0.491 e. The Balaban J connectivity index is 1.42. The van der Waals surface area contributed by atoms with E-state index >= 15 is 0 Å². The number of nitrogens with one attached hydrogen (secondary N) is 2. The van der Waals surface area contributed by atoms with Gasteiger partial charge in [0, 0.05) is 35.7 Å². The quantitative estimate of drug-likeness (QED) is 0.596. The van der Waals surface area contributed by atoms with E-state index in [2.05, 4.69) is 10.6 Å². The maximum Gasteiger partial charge on any atom is 0.255 e. The van der Waals surface area contributed by atoms with Gasteiger partial charge in [0.25, 0.3) is 5.91 Å². The van der Waals surface area contributed by atoms with E-state index in [1.165, 1.54) is 11.8 Å². The van der Waals surface area contributed by atoms with Crippen LogP contribution in [0.2, 0.25) is 0 Å². The molecule has 2 aliphatic rings. The summed E-state index contributed by atoms with van der Waals surface area (Å²) >= 11 is 1.45. The molecular formula is C24H20N2O4S. The topological polar surface area (TPSA) is 80.6 Å². The molecule has 156 valence electrons. The van der Waals surface area contributed by atoms with Crippen LogP contribution in [0.1, 0.15) is 26.5 Å². The number of hydrogen-bond donors (Lipinski definition) is 2. The molecule has 2 aromatic carbocycles. The summed E-state index contributed by atoms with van der Waals surface area (Å²) in [6.07, 6.45) is 1.76. The number of carbonyl (C=O) groups is 2. The van der Waals surface area contributed by atoms with E-state index in [4.69, 9.17) is 9.15 Å². The van der Waals surface area contributed by atoms with Gasteiger partial charge in [-0.2, -0.15) is 0 Å². The van der Waals surface area contributed by atoms with Crippen molar-refractivity contribution in [3.05, 3.63) is 76.4 Å². The molecule has 5 rings (SSSR count). The third kappa shape index (κ3) is 4.02. The second-order valence-electron chi connectivity index (χ2n) is 7.20. The molecule has 31 heavy (non-hydrogen) atoms. The Bertz CT molecular complexity index is 1200. The number of amides is 1. The smallest absolute Gasteiger partial charge is 0.255 e. The Morgan fingerprint density at radius 2 is 1.84 bits per heavy atom. The number of fused-ring (bicyclic) bond motifs is 2. The predicted molar refractivity (Wildman–Crippen MR) is 119 cm³/mol. The first-order valence-electron chi connectivity index (χ1n) is 10.1. The zero-order valence-corrected chi connectivity index (χ0v) is 17.5. The lowest BCUT2D eigenvalue weighted by Gasteiger charge is -2.15. The average Bonchev–Trinajstić information content (AvgIpc) is 3.38. The fraction of sp³-hybridized carbons (Fsp3) is 0.167. The number of ether oxygens (including phenoxy) is 1. The minimum Gasteiger partial charge on any atom is -0.491 e. The van der Waals surface area contributed by atoms with Gasteiger partial charge in [0.15, 0.2) is 0 Å². The van der Waals surface area contributed by atoms with Crippen LogP contribution in [0.3, 0.4) is 0 Å². The summed E-state index contributed by atoms with van der Waals surface area (Å²) in [7, 11) is 0. The van der Waals surface area contributed by atoms with Crippen molar-refractivity contribution in [1.29, 1.82) is 0 Å². The van der Waals surface area contributed by atoms with Crippen molar-refractivity contribution in [2.45, 2.75) is 4.90 Å². The number of ketones is 1. The summed E-state index contributed by atoms with van der Waals surface area (Å²) in [6.45, 7) is 2.45. The molecule has 7 heteroatoms. The zero-order valence-electron chi connectivity index (χ0n) is 16.6. The van der Waals surface area contributed by atoms with E-state index in [0.717, 1.165) is 16.0 Å². The maximum absolute atomic E-state index is 12.6. The van der Waals surface area contributed by atoms with Crippen LogP contribution in [0, 0.1) is 0 Å². The van der Waals surface area contributed by atoms with E-state index in [1.807, 2.05) is 42.5 Å². The highest BCUT2D eigenvalue weighted by atomic mass is 32.2. The van der Waals surface area contributed by atoms with Crippen molar-refractivity contribution in [3.63, 3.8) is 0 Å². The minimum absolute atomic E-state index is 0.00920. The Morgan fingerprint density at radius 1 is 0.935 bits per heavy atom. The highest BCUT2D eigenvalue weighted by Crippen LogP contribution is 2.41. The van der Waals surface area contributed by atoms with Crippen molar-refractivity contribution in [3.8, 4) is 17.1 Å². The van der Waals surface area contributed by atoms with E-state index in [9.17, 15) is 9.59 Å². The van der Waals surface area contributed by atoms with Crippen molar-refractivity contribution < 1.29 is 18.7 Å². The number of benzene rings is 2. The number of Topliss-reactive ketones (excluding diaryl/α,β-unsaturated/α-hetero) is 1. The van der Waals surface area contributed by atoms with Crippen LogP contribution < -0.4 is 15.4 Å². The Kier molecular flexibility index (Phi) is 5.36. The summed E-state index contributed by atoms with van der Waals surface area (Å²) in [6, 6.07) is 16.7. The summed E-state index contributed by atoms with van der Waals surface area (Å²) in [4.78, 5) is 26.8. The number of hydrogen-bond acceptors (Lipinski definition) is 6. The van der Waals surface area contributed by atoms with Crippen molar-refractivity contribution in [2.24, 2.45) is 0 Å². The summed E-state index contributed by atoms with van der Waals surface area (Å²) < 4.78 is 11.7. The van der Waals surface area contributed by atoms with Gasteiger partial charge in [-0.15, -0.1) is 0 Å². The number of thioether (sulfide) groups is 1. The average molecular weight is 433 g/mol. The van der Waals surface area contributed by atoms with Crippen molar-refractivity contribution in [2.75, 3.05) is 26.2 Å². The zero-order chi connectivity index (χ0) is 21.2. The lowest BCUT2D eigenvalue weighted by molar-refractivity contribution is 0.0947. The molecule has 0 fully saturated rings. The fourth-order valence-electron chi connectivity index (χ4n) is 3.55. The molecule has 0 aliphatic carbocycles. The van der Waals surface area contributed by atoms with Gasteiger partial charge in [0.2, 0.25) is 5.78 Å². The van der Waals surface area contributed by atoms with Gasteiger partial charge in [-0.05, 0) is 48.5 Å². The van der Waals surface area contributed by atoms with Gasteiger partial charge in [0.05, 0.1) is 10.5 Å². The molecule has 0 saturated carbocycles. The number of allylic oxidation sites excluding steroid dienone is 1. The van der Waals surface area contributed by atoms with Crippen LogP contribution in [0.25, 0.3) is 17.4 Å². The van der Waals surface area contributed by atoms with Crippen LogP contribution in [-0.4, -0.2) is 37.9 Å². The Labute approximate surface area is 183 Å². The first-order valence-corrected chi connectivity index (χ1v) is 10.9. The SMILES string of the molecule is O=C1NCCNCCOc2ccc(-c3ccc(/C=C4\Sc5ccccc5C4=O)o3)cc21. The summed E-state index contributed by atoms with van der Waals surface area (Å²) in [5, 5.41) is 6.09. The van der Waals surface area contributed by atoms with Gasteiger partial charge in [-0.1, -0.05) is 23.9 Å². The number of furan rings is 1. The molecule has 1 aromatic heterocycles. The third-order valence-electron chi connectivity index (χ3n) is 5.11. The summed E-state index contributed by atoms with van der Waals surface area (Å²) in [5.74, 6) is 1.58. The molecule has 0 spiro atoms. The first-order chi connectivity index (χ1) is 15.2. The lowest BCUT2D eigenvalue weighted by atomic mass is 10.1. The number of carbonyl (C=O) groups excluding carboxylic acids is 2. The summed E-state index contributed by atoms with van der Waals surface area (Å²) in [5.41, 5.74) is 1.97. The predicted octanol–water partition coefficient (Wildman–Crippen LogP) is 3.99. The third-order valence-corrected chi connectivity index (χ3v) is 6.21.